The maximum absolute atomic E-state index is 12.4. The fourth-order valence-electron chi connectivity index (χ4n) is 4.18. The van der Waals surface area contributed by atoms with Gasteiger partial charge in [0.25, 0.3) is 5.91 Å². The van der Waals surface area contributed by atoms with Crippen molar-refractivity contribution in [3.63, 3.8) is 0 Å². The third-order valence-corrected chi connectivity index (χ3v) is 5.44. The normalized spacial score (nSPS) is 24.7. The number of carbonyl (C=O) groups is 1. The van der Waals surface area contributed by atoms with Gasteiger partial charge in [-0.3, -0.25) is 9.69 Å². The van der Waals surface area contributed by atoms with Crippen LogP contribution >= 0.6 is 0 Å². The minimum atomic E-state index is -0.0375. The zero-order valence-electron chi connectivity index (χ0n) is 14.3. The Balaban J connectivity index is 1.63. The zero-order valence-corrected chi connectivity index (χ0v) is 14.3. The third-order valence-electron chi connectivity index (χ3n) is 5.44. The van der Waals surface area contributed by atoms with Crippen molar-refractivity contribution in [2.24, 2.45) is 5.41 Å². The van der Waals surface area contributed by atoms with E-state index in [4.69, 9.17) is 9.26 Å². The molecule has 23 heavy (non-hydrogen) atoms. The van der Waals surface area contributed by atoms with Crippen LogP contribution < -0.4 is 0 Å². The Morgan fingerprint density at radius 3 is 2.78 bits per heavy atom. The van der Waals surface area contributed by atoms with Crippen LogP contribution in [-0.2, 0) is 4.74 Å². The zero-order chi connectivity index (χ0) is 16.4. The Morgan fingerprint density at radius 1 is 1.48 bits per heavy atom. The van der Waals surface area contributed by atoms with E-state index in [1.165, 1.54) is 12.6 Å². The third kappa shape index (κ3) is 3.28. The number of carbonyl (C=O) groups excluding carboxylic acids is 1. The van der Waals surface area contributed by atoms with Crippen molar-refractivity contribution < 1.29 is 14.1 Å². The van der Waals surface area contributed by atoms with E-state index in [1.807, 2.05) is 4.90 Å². The van der Waals surface area contributed by atoms with Crippen LogP contribution in [0.25, 0.3) is 0 Å². The molecule has 0 N–H and O–H groups in total. The van der Waals surface area contributed by atoms with Crippen molar-refractivity contribution in [3.05, 3.63) is 18.0 Å². The van der Waals surface area contributed by atoms with Crippen LogP contribution in [0.15, 0.2) is 16.8 Å². The fourth-order valence-corrected chi connectivity index (χ4v) is 4.18. The lowest BCUT2D eigenvalue weighted by Crippen LogP contribution is -2.44. The first-order valence-electron chi connectivity index (χ1n) is 8.49. The van der Waals surface area contributed by atoms with Gasteiger partial charge in [-0.05, 0) is 38.5 Å². The van der Waals surface area contributed by atoms with Crippen molar-refractivity contribution in [1.82, 2.24) is 15.0 Å². The Hall–Kier alpha value is -1.40. The van der Waals surface area contributed by atoms with Gasteiger partial charge >= 0.3 is 0 Å². The van der Waals surface area contributed by atoms with Gasteiger partial charge < -0.3 is 14.2 Å². The van der Waals surface area contributed by atoms with E-state index in [2.05, 4.69) is 23.9 Å². The van der Waals surface area contributed by atoms with Crippen molar-refractivity contribution >= 4 is 5.91 Å². The molecule has 2 aliphatic rings. The molecular formula is C17H27N3O3. The second-order valence-corrected chi connectivity index (χ2v) is 7.25. The highest BCUT2D eigenvalue weighted by atomic mass is 16.5. The summed E-state index contributed by atoms with van der Waals surface area (Å²) in [6, 6.07) is 2.66. The molecule has 3 heterocycles. The number of rotatable bonds is 4. The molecule has 1 spiro atoms. The summed E-state index contributed by atoms with van der Waals surface area (Å²) in [5.74, 6) is 0.304. The van der Waals surface area contributed by atoms with Crippen LogP contribution in [0.1, 0.15) is 43.7 Å². The molecule has 1 amide bonds. The summed E-state index contributed by atoms with van der Waals surface area (Å²) in [7, 11) is 1.78. The molecule has 2 aliphatic heterocycles. The standard InChI is InChI=1S/C17H27N3O3/c1-13(2)20-12-17(10-14(20)11-22-3)5-8-19(9-6-17)16(21)15-4-7-18-23-15/h4,7,13-14H,5-6,8-12H2,1-3H3. The van der Waals surface area contributed by atoms with Gasteiger partial charge in [-0.25, -0.2) is 0 Å². The highest BCUT2D eigenvalue weighted by Crippen LogP contribution is 2.44. The number of hydrogen-bond acceptors (Lipinski definition) is 5. The summed E-state index contributed by atoms with van der Waals surface area (Å²) in [5, 5.41) is 3.63. The number of hydrogen-bond donors (Lipinski definition) is 0. The topological polar surface area (TPSA) is 58.8 Å². The van der Waals surface area contributed by atoms with E-state index in [0.717, 1.165) is 39.1 Å². The van der Waals surface area contributed by atoms with E-state index in [1.54, 1.807) is 13.2 Å². The maximum atomic E-state index is 12.4. The van der Waals surface area contributed by atoms with Crippen LogP contribution in [0.4, 0.5) is 0 Å². The van der Waals surface area contributed by atoms with Gasteiger partial charge in [0.2, 0.25) is 5.76 Å². The maximum Gasteiger partial charge on any atom is 0.292 e. The summed E-state index contributed by atoms with van der Waals surface area (Å²) in [5.41, 5.74) is 0.325. The lowest BCUT2D eigenvalue weighted by Gasteiger charge is -2.39. The Bertz CT molecular complexity index is 521. The molecule has 2 saturated heterocycles. The van der Waals surface area contributed by atoms with E-state index < -0.39 is 0 Å². The van der Waals surface area contributed by atoms with Crippen molar-refractivity contribution in [3.8, 4) is 0 Å². The predicted octanol–water partition coefficient (Wildman–Crippen LogP) is 2.03. The molecule has 0 saturated carbocycles. The number of nitrogens with zero attached hydrogens (tertiary/aromatic N) is 3. The van der Waals surface area contributed by atoms with Crippen LogP contribution in [0.3, 0.4) is 0 Å². The molecule has 1 atom stereocenters. The lowest BCUT2D eigenvalue weighted by atomic mass is 9.76. The predicted molar refractivity (Wildman–Crippen MR) is 86.2 cm³/mol. The minimum Gasteiger partial charge on any atom is -0.383 e. The fraction of sp³-hybridized carbons (Fsp3) is 0.765. The Kier molecular flexibility index (Phi) is 4.73. The molecule has 1 aromatic rings. The Labute approximate surface area is 137 Å². The second-order valence-electron chi connectivity index (χ2n) is 7.25. The van der Waals surface area contributed by atoms with E-state index in [0.29, 0.717) is 23.3 Å². The number of methoxy groups -OCH3 is 1. The molecule has 0 radical (unpaired) electrons. The summed E-state index contributed by atoms with van der Waals surface area (Å²) in [4.78, 5) is 16.8. The molecule has 6 nitrogen and oxygen atoms in total. The SMILES string of the molecule is COCC1CC2(CCN(C(=O)c3ccno3)CC2)CN1C(C)C. The van der Waals surface area contributed by atoms with Crippen molar-refractivity contribution in [2.75, 3.05) is 33.4 Å². The molecule has 1 unspecified atom stereocenters. The van der Waals surface area contributed by atoms with Gasteiger partial charge in [0.05, 0.1) is 12.8 Å². The molecule has 6 heteroatoms. The first kappa shape index (κ1) is 16.5. The van der Waals surface area contributed by atoms with Crippen LogP contribution in [-0.4, -0.2) is 66.3 Å². The first-order chi connectivity index (χ1) is 11.0. The number of piperidine rings is 1. The van der Waals surface area contributed by atoms with Crippen LogP contribution in [0, 0.1) is 5.41 Å². The minimum absolute atomic E-state index is 0.0375. The largest absolute Gasteiger partial charge is 0.383 e. The smallest absolute Gasteiger partial charge is 0.292 e. The van der Waals surface area contributed by atoms with E-state index in [9.17, 15) is 4.79 Å². The van der Waals surface area contributed by atoms with E-state index >= 15 is 0 Å². The quantitative estimate of drug-likeness (QED) is 0.849. The number of ether oxygens (including phenoxy) is 1. The summed E-state index contributed by atoms with van der Waals surface area (Å²) in [6.07, 6.45) is 4.79. The van der Waals surface area contributed by atoms with Gasteiger partial charge in [-0.2, -0.15) is 0 Å². The molecular weight excluding hydrogens is 294 g/mol. The number of amides is 1. The lowest BCUT2D eigenvalue weighted by molar-refractivity contribution is 0.0544. The summed E-state index contributed by atoms with van der Waals surface area (Å²) in [6.45, 7) is 8.01. The average molecular weight is 321 g/mol. The molecule has 1 aromatic heterocycles. The molecule has 2 fully saturated rings. The Morgan fingerprint density at radius 2 is 2.22 bits per heavy atom. The monoisotopic (exact) mass is 321 g/mol. The van der Waals surface area contributed by atoms with Crippen molar-refractivity contribution in [1.29, 1.82) is 0 Å². The molecule has 3 rings (SSSR count). The van der Waals surface area contributed by atoms with Crippen LogP contribution in [0.5, 0.6) is 0 Å². The summed E-state index contributed by atoms with van der Waals surface area (Å²) >= 11 is 0. The van der Waals surface area contributed by atoms with Gasteiger partial charge in [-0.15, -0.1) is 0 Å². The average Bonchev–Trinajstić information content (AvgIpc) is 3.17. The van der Waals surface area contributed by atoms with Gasteiger partial charge in [-0.1, -0.05) is 5.16 Å². The molecule has 0 aromatic carbocycles. The van der Waals surface area contributed by atoms with Gasteiger partial charge in [0, 0.05) is 44.9 Å². The first-order valence-corrected chi connectivity index (χ1v) is 8.49. The molecule has 128 valence electrons. The van der Waals surface area contributed by atoms with Crippen molar-refractivity contribution in [2.45, 2.75) is 45.2 Å². The van der Waals surface area contributed by atoms with Gasteiger partial charge in [0.15, 0.2) is 0 Å². The molecule has 0 aliphatic carbocycles. The number of aromatic nitrogens is 1. The highest BCUT2D eigenvalue weighted by Gasteiger charge is 2.46. The second kappa shape index (κ2) is 6.61. The highest BCUT2D eigenvalue weighted by molar-refractivity contribution is 5.91. The summed E-state index contributed by atoms with van der Waals surface area (Å²) < 4.78 is 10.4. The van der Waals surface area contributed by atoms with Gasteiger partial charge in [0.1, 0.15) is 0 Å². The molecule has 0 bridgehead atoms. The number of likely N-dealkylation sites (tertiary alicyclic amines) is 2. The van der Waals surface area contributed by atoms with E-state index in [-0.39, 0.29) is 5.91 Å². The van der Waals surface area contributed by atoms with Crippen LogP contribution in [0.2, 0.25) is 0 Å².